The Bertz CT molecular complexity index is 341. The van der Waals surface area contributed by atoms with Gasteiger partial charge in [0.25, 0.3) is 0 Å². The second kappa shape index (κ2) is 7.31. The molecule has 110 valence electrons. The van der Waals surface area contributed by atoms with Gasteiger partial charge in [0, 0.05) is 19.7 Å². The van der Waals surface area contributed by atoms with Gasteiger partial charge in [-0.15, -0.1) is 0 Å². The number of nitrogens with zero attached hydrogens (tertiary/aromatic N) is 1. The molecule has 4 nitrogen and oxygen atoms in total. The number of likely N-dealkylation sites (N-methyl/N-ethyl adjacent to an activating group) is 1. The van der Waals surface area contributed by atoms with E-state index in [2.05, 4.69) is 18.8 Å². The van der Waals surface area contributed by atoms with E-state index in [0.717, 1.165) is 12.8 Å². The molecule has 0 radical (unpaired) electrons. The minimum atomic E-state index is -0.534. The van der Waals surface area contributed by atoms with E-state index in [4.69, 9.17) is 0 Å². The summed E-state index contributed by atoms with van der Waals surface area (Å²) in [5.74, 6) is -0.312. The van der Waals surface area contributed by atoms with Crippen molar-refractivity contribution in [1.29, 1.82) is 0 Å². The van der Waals surface area contributed by atoms with E-state index in [1.807, 2.05) is 20.8 Å². The number of rotatable bonds is 6. The number of nitrogens with one attached hydrogen (secondary N) is 1. The monoisotopic (exact) mass is 268 g/mol. The zero-order chi connectivity index (χ0) is 15.2. The van der Waals surface area contributed by atoms with E-state index < -0.39 is 6.04 Å². The highest BCUT2D eigenvalue weighted by molar-refractivity contribution is 5.96. The fraction of sp³-hybridized carbons (Fsp3) is 0.733. The van der Waals surface area contributed by atoms with Crippen LogP contribution in [0, 0.1) is 5.41 Å². The fourth-order valence-corrected chi connectivity index (χ4v) is 1.64. The zero-order valence-corrected chi connectivity index (χ0v) is 13.2. The molecule has 0 aromatic heterocycles. The molecule has 0 aromatic carbocycles. The Morgan fingerprint density at radius 2 is 1.79 bits per heavy atom. The van der Waals surface area contributed by atoms with Crippen LogP contribution in [0.15, 0.2) is 12.2 Å². The van der Waals surface area contributed by atoms with Gasteiger partial charge in [0.2, 0.25) is 11.8 Å². The van der Waals surface area contributed by atoms with Crippen molar-refractivity contribution in [2.75, 3.05) is 14.1 Å². The van der Waals surface area contributed by atoms with Crippen molar-refractivity contribution in [3.8, 4) is 0 Å². The van der Waals surface area contributed by atoms with Crippen molar-refractivity contribution >= 4 is 11.8 Å². The normalized spacial score (nSPS) is 12.7. The lowest BCUT2D eigenvalue weighted by atomic mass is 9.85. The summed E-state index contributed by atoms with van der Waals surface area (Å²) in [6, 6.07) is -0.534. The molecule has 2 amide bonds. The number of carbonyl (C=O) groups is 2. The first kappa shape index (κ1) is 17.7. The smallest absolute Gasteiger partial charge is 0.247 e. The number of hydrogen-bond acceptors (Lipinski definition) is 2. The summed E-state index contributed by atoms with van der Waals surface area (Å²) >= 11 is 0. The maximum absolute atomic E-state index is 12.1. The molecule has 0 heterocycles. The maximum Gasteiger partial charge on any atom is 0.247 e. The highest BCUT2D eigenvalue weighted by Crippen LogP contribution is 2.21. The van der Waals surface area contributed by atoms with Crippen LogP contribution in [0.2, 0.25) is 0 Å². The molecule has 0 aliphatic carbocycles. The standard InChI is InChI=1S/C15H28N2O2/c1-8-9-10-11(2)13(18)16-12(15(3,4)5)14(19)17(6)7/h12H,2,8-10H2,1,3-7H3,(H,16,18)/t12-/m1/s1. The minimum absolute atomic E-state index is 0.0934. The number of carbonyl (C=O) groups excluding carboxylic acids is 2. The second-order valence-electron chi connectivity index (χ2n) is 6.21. The highest BCUT2D eigenvalue weighted by Gasteiger charge is 2.33. The first-order valence-electron chi connectivity index (χ1n) is 6.81. The van der Waals surface area contributed by atoms with E-state index >= 15 is 0 Å². The SMILES string of the molecule is C=C(CCCC)C(=O)N[C@H](C(=O)N(C)C)C(C)(C)C. The third-order valence-electron chi connectivity index (χ3n) is 2.98. The van der Waals surface area contributed by atoms with Crippen LogP contribution in [-0.2, 0) is 9.59 Å². The molecule has 0 aliphatic heterocycles. The Kier molecular flexibility index (Phi) is 6.81. The molecule has 0 saturated carbocycles. The molecule has 0 rings (SSSR count). The van der Waals surface area contributed by atoms with Gasteiger partial charge in [-0.3, -0.25) is 9.59 Å². The molecular formula is C15H28N2O2. The predicted molar refractivity (Wildman–Crippen MR) is 78.7 cm³/mol. The Morgan fingerprint density at radius 1 is 1.26 bits per heavy atom. The van der Waals surface area contributed by atoms with Crippen LogP contribution in [-0.4, -0.2) is 36.9 Å². The van der Waals surface area contributed by atoms with Gasteiger partial charge in [-0.25, -0.2) is 0 Å². The van der Waals surface area contributed by atoms with Gasteiger partial charge in [-0.2, -0.15) is 0 Å². The van der Waals surface area contributed by atoms with Crippen molar-refractivity contribution in [3.63, 3.8) is 0 Å². The lowest BCUT2D eigenvalue weighted by molar-refractivity contribution is -0.136. The highest BCUT2D eigenvalue weighted by atomic mass is 16.2. The Labute approximate surface area is 117 Å². The van der Waals surface area contributed by atoms with Crippen molar-refractivity contribution in [3.05, 3.63) is 12.2 Å². The summed E-state index contributed by atoms with van der Waals surface area (Å²) in [5, 5.41) is 2.82. The van der Waals surface area contributed by atoms with E-state index in [1.165, 1.54) is 4.90 Å². The molecule has 0 unspecified atom stereocenters. The van der Waals surface area contributed by atoms with E-state index in [-0.39, 0.29) is 17.2 Å². The van der Waals surface area contributed by atoms with Crippen LogP contribution in [0.3, 0.4) is 0 Å². The van der Waals surface area contributed by atoms with Gasteiger partial charge in [0.1, 0.15) is 6.04 Å². The average molecular weight is 268 g/mol. The third-order valence-corrected chi connectivity index (χ3v) is 2.98. The topological polar surface area (TPSA) is 49.4 Å². The summed E-state index contributed by atoms with van der Waals surface area (Å²) in [4.78, 5) is 25.7. The minimum Gasteiger partial charge on any atom is -0.347 e. The van der Waals surface area contributed by atoms with Crippen molar-refractivity contribution in [1.82, 2.24) is 10.2 Å². The lowest BCUT2D eigenvalue weighted by Crippen LogP contribution is -2.53. The predicted octanol–water partition coefficient (Wildman–Crippen LogP) is 2.35. The average Bonchev–Trinajstić information content (AvgIpc) is 2.29. The van der Waals surface area contributed by atoms with Crippen LogP contribution < -0.4 is 5.32 Å². The summed E-state index contributed by atoms with van der Waals surface area (Å²) in [6.45, 7) is 11.7. The Morgan fingerprint density at radius 3 is 2.16 bits per heavy atom. The summed E-state index contributed by atoms with van der Waals surface area (Å²) in [6.07, 6.45) is 2.63. The second-order valence-corrected chi connectivity index (χ2v) is 6.21. The van der Waals surface area contributed by atoms with Gasteiger partial charge >= 0.3 is 0 Å². The molecule has 0 bridgehead atoms. The largest absolute Gasteiger partial charge is 0.347 e. The van der Waals surface area contributed by atoms with Crippen LogP contribution in [0.25, 0.3) is 0 Å². The van der Waals surface area contributed by atoms with E-state index in [1.54, 1.807) is 14.1 Å². The molecular weight excluding hydrogens is 240 g/mol. The number of hydrogen-bond donors (Lipinski definition) is 1. The van der Waals surface area contributed by atoms with Crippen LogP contribution in [0.4, 0.5) is 0 Å². The molecule has 0 aromatic rings. The van der Waals surface area contributed by atoms with Gasteiger partial charge in [0.05, 0.1) is 0 Å². The third kappa shape index (κ3) is 5.90. The quantitative estimate of drug-likeness (QED) is 0.752. The molecule has 19 heavy (non-hydrogen) atoms. The molecule has 0 fully saturated rings. The molecule has 0 saturated heterocycles. The fourth-order valence-electron chi connectivity index (χ4n) is 1.64. The summed E-state index contributed by atoms with van der Waals surface area (Å²) in [5.41, 5.74) is 0.213. The van der Waals surface area contributed by atoms with Gasteiger partial charge in [-0.05, 0) is 18.3 Å². The van der Waals surface area contributed by atoms with E-state index in [0.29, 0.717) is 12.0 Å². The van der Waals surface area contributed by atoms with Crippen LogP contribution >= 0.6 is 0 Å². The zero-order valence-electron chi connectivity index (χ0n) is 13.2. The Hall–Kier alpha value is -1.32. The molecule has 0 spiro atoms. The number of unbranched alkanes of at least 4 members (excludes halogenated alkanes) is 1. The van der Waals surface area contributed by atoms with E-state index in [9.17, 15) is 9.59 Å². The maximum atomic E-state index is 12.1. The summed E-state index contributed by atoms with van der Waals surface area (Å²) < 4.78 is 0. The Balaban J connectivity index is 4.80. The van der Waals surface area contributed by atoms with Gasteiger partial charge < -0.3 is 10.2 Å². The molecule has 4 heteroatoms. The summed E-state index contributed by atoms with van der Waals surface area (Å²) in [7, 11) is 3.39. The lowest BCUT2D eigenvalue weighted by Gasteiger charge is -2.32. The van der Waals surface area contributed by atoms with Gasteiger partial charge in [-0.1, -0.05) is 40.7 Å². The first-order chi connectivity index (χ1) is 8.61. The van der Waals surface area contributed by atoms with Crippen LogP contribution in [0.1, 0.15) is 47.0 Å². The molecule has 1 N–H and O–H groups in total. The van der Waals surface area contributed by atoms with Crippen molar-refractivity contribution in [2.45, 2.75) is 53.0 Å². The molecule has 1 atom stereocenters. The van der Waals surface area contributed by atoms with Crippen molar-refractivity contribution < 1.29 is 9.59 Å². The number of amides is 2. The van der Waals surface area contributed by atoms with Gasteiger partial charge in [0.15, 0.2) is 0 Å². The van der Waals surface area contributed by atoms with Crippen molar-refractivity contribution in [2.24, 2.45) is 5.41 Å². The molecule has 0 aliphatic rings. The van der Waals surface area contributed by atoms with Crippen LogP contribution in [0.5, 0.6) is 0 Å². The first-order valence-corrected chi connectivity index (χ1v) is 6.81.